The Bertz CT molecular complexity index is 648. The van der Waals surface area contributed by atoms with Crippen molar-refractivity contribution < 1.29 is 19.1 Å². The van der Waals surface area contributed by atoms with Gasteiger partial charge in [-0.15, -0.1) is 0 Å². The molecular weight excluding hydrogens is 260 g/mol. The molecule has 0 aliphatic heterocycles. The number of rotatable bonds is 3. The van der Waals surface area contributed by atoms with E-state index in [0.29, 0.717) is 11.1 Å². The van der Waals surface area contributed by atoms with Crippen molar-refractivity contribution in [3.05, 3.63) is 36.0 Å². The molecule has 20 heavy (non-hydrogen) atoms. The van der Waals surface area contributed by atoms with Crippen LogP contribution in [0.1, 0.15) is 11.5 Å². The number of esters is 1. The Labute approximate surface area is 116 Å². The molecule has 0 saturated carbocycles. The van der Waals surface area contributed by atoms with Gasteiger partial charge >= 0.3 is 12.1 Å². The van der Waals surface area contributed by atoms with Crippen molar-refractivity contribution in [2.45, 2.75) is 5.92 Å². The summed E-state index contributed by atoms with van der Waals surface area (Å²) < 4.78 is 10.9. The third-order valence-corrected chi connectivity index (χ3v) is 3.21. The Morgan fingerprint density at radius 3 is 2.55 bits per heavy atom. The molecule has 1 atom stereocenters. The van der Waals surface area contributed by atoms with E-state index in [1.54, 1.807) is 18.3 Å². The molecule has 106 valence electrons. The number of nitrogens with zero attached hydrogens (tertiary/aromatic N) is 1. The van der Waals surface area contributed by atoms with Crippen LogP contribution >= 0.6 is 0 Å². The van der Waals surface area contributed by atoms with Gasteiger partial charge in [-0.2, -0.15) is 0 Å². The summed E-state index contributed by atoms with van der Waals surface area (Å²) in [5, 5.41) is 0.777. The molecule has 0 saturated heterocycles. The van der Waals surface area contributed by atoms with E-state index in [9.17, 15) is 9.59 Å². The topological polar surface area (TPSA) is 83.5 Å². The van der Waals surface area contributed by atoms with Gasteiger partial charge in [0.2, 0.25) is 0 Å². The monoisotopic (exact) mass is 276 g/mol. The van der Waals surface area contributed by atoms with Crippen LogP contribution in [0.2, 0.25) is 0 Å². The minimum absolute atomic E-state index is 0.0991. The number of fused-ring (bicyclic) bond motifs is 1. The fraction of sp³-hybridized carbons (Fsp3) is 0.286. The lowest BCUT2D eigenvalue weighted by Crippen LogP contribution is -2.22. The first-order valence-electron chi connectivity index (χ1n) is 6.10. The highest BCUT2D eigenvalue weighted by molar-refractivity contribution is 5.95. The highest BCUT2D eigenvalue weighted by Gasteiger charge is 2.25. The summed E-state index contributed by atoms with van der Waals surface area (Å²) in [4.78, 5) is 23.6. The molecule has 6 nitrogen and oxygen atoms in total. The van der Waals surface area contributed by atoms with Crippen LogP contribution < -0.4 is 5.73 Å². The number of nitrogens with two attached hydrogens (primary N) is 1. The Morgan fingerprint density at radius 1 is 1.25 bits per heavy atom. The van der Waals surface area contributed by atoms with Gasteiger partial charge in [0.15, 0.2) is 0 Å². The third kappa shape index (κ3) is 2.25. The van der Waals surface area contributed by atoms with Crippen molar-refractivity contribution in [2.75, 3.05) is 20.8 Å². The molecule has 0 aliphatic rings. The summed E-state index contributed by atoms with van der Waals surface area (Å²) in [7, 11) is 2.61. The number of aromatic nitrogens is 1. The van der Waals surface area contributed by atoms with Crippen LogP contribution in [0.25, 0.3) is 10.9 Å². The number of hydrogen-bond donors (Lipinski definition) is 1. The number of carbonyl (C=O) groups is 2. The molecule has 1 aromatic heterocycles. The van der Waals surface area contributed by atoms with E-state index in [1.807, 2.05) is 12.1 Å². The quantitative estimate of drug-likeness (QED) is 0.858. The SMILES string of the molecule is COC(=O)C(CN)c1cn(C(=O)OC)c2ccccc12. The average molecular weight is 276 g/mol. The van der Waals surface area contributed by atoms with Crippen molar-refractivity contribution in [2.24, 2.45) is 5.73 Å². The Kier molecular flexibility index (Phi) is 4.05. The van der Waals surface area contributed by atoms with Crippen molar-refractivity contribution >= 4 is 23.0 Å². The highest BCUT2D eigenvalue weighted by atomic mass is 16.5. The van der Waals surface area contributed by atoms with E-state index in [4.69, 9.17) is 15.2 Å². The summed E-state index contributed by atoms with van der Waals surface area (Å²) in [5.41, 5.74) is 6.98. The first kappa shape index (κ1) is 14.1. The lowest BCUT2D eigenvalue weighted by Gasteiger charge is -2.11. The van der Waals surface area contributed by atoms with Crippen molar-refractivity contribution in [1.82, 2.24) is 4.57 Å². The number of carbonyl (C=O) groups excluding carboxylic acids is 2. The first-order chi connectivity index (χ1) is 9.63. The minimum atomic E-state index is -0.615. The zero-order valence-corrected chi connectivity index (χ0v) is 11.3. The minimum Gasteiger partial charge on any atom is -0.469 e. The molecule has 1 unspecified atom stereocenters. The van der Waals surface area contributed by atoms with Gasteiger partial charge < -0.3 is 15.2 Å². The van der Waals surface area contributed by atoms with E-state index < -0.39 is 18.0 Å². The molecule has 0 bridgehead atoms. The van der Waals surface area contributed by atoms with Gasteiger partial charge in [0, 0.05) is 18.1 Å². The van der Waals surface area contributed by atoms with Gasteiger partial charge in [-0.3, -0.25) is 9.36 Å². The van der Waals surface area contributed by atoms with Crippen LogP contribution in [-0.4, -0.2) is 37.4 Å². The molecular formula is C14H16N2O4. The Hall–Kier alpha value is -2.34. The molecule has 0 radical (unpaired) electrons. The van der Waals surface area contributed by atoms with Crippen molar-refractivity contribution in [1.29, 1.82) is 0 Å². The second-order valence-electron chi connectivity index (χ2n) is 4.25. The summed E-state index contributed by atoms with van der Waals surface area (Å²) in [6.45, 7) is 0.0991. The lowest BCUT2D eigenvalue weighted by molar-refractivity contribution is -0.142. The zero-order valence-electron chi connectivity index (χ0n) is 11.3. The van der Waals surface area contributed by atoms with Crippen molar-refractivity contribution in [3.8, 4) is 0 Å². The highest BCUT2D eigenvalue weighted by Crippen LogP contribution is 2.28. The molecule has 0 fully saturated rings. The fourth-order valence-electron chi connectivity index (χ4n) is 2.23. The largest absolute Gasteiger partial charge is 0.469 e. The van der Waals surface area contributed by atoms with Crippen LogP contribution in [0.3, 0.4) is 0 Å². The van der Waals surface area contributed by atoms with Gasteiger partial charge in [-0.05, 0) is 11.6 Å². The number of para-hydroxylation sites is 1. The van der Waals surface area contributed by atoms with E-state index in [2.05, 4.69) is 0 Å². The number of ether oxygens (including phenoxy) is 2. The summed E-state index contributed by atoms with van der Waals surface area (Å²) >= 11 is 0. The maximum Gasteiger partial charge on any atom is 0.418 e. The summed E-state index contributed by atoms with van der Waals surface area (Å²) in [5.74, 6) is -1.05. The second-order valence-corrected chi connectivity index (χ2v) is 4.25. The number of benzene rings is 1. The Balaban J connectivity index is 2.64. The summed E-state index contributed by atoms with van der Waals surface area (Å²) in [6, 6.07) is 7.25. The molecule has 0 amide bonds. The molecule has 2 N–H and O–H groups in total. The van der Waals surface area contributed by atoms with Crippen LogP contribution in [0.15, 0.2) is 30.5 Å². The smallest absolute Gasteiger partial charge is 0.418 e. The number of hydrogen-bond acceptors (Lipinski definition) is 5. The normalized spacial score (nSPS) is 12.2. The van der Waals surface area contributed by atoms with Gasteiger partial charge in [0.05, 0.1) is 25.7 Å². The zero-order chi connectivity index (χ0) is 14.7. The molecule has 1 aromatic carbocycles. The van der Waals surface area contributed by atoms with Crippen LogP contribution in [-0.2, 0) is 14.3 Å². The molecule has 6 heteroatoms. The second kappa shape index (κ2) is 5.75. The van der Waals surface area contributed by atoms with Gasteiger partial charge in [0.25, 0.3) is 0 Å². The standard InChI is InChI=1S/C14H16N2O4/c1-19-13(17)10(7-15)11-8-16(14(18)20-2)12-6-4-3-5-9(11)12/h3-6,8,10H,7,15H2,1-2H3. The van der Waals surface area contributed by atoms with E-state index >= 15 is 0 Å². The predicted molar refractivity (Wildman–Crippen MR) is 73.6 cm³/mol. The van der Waals surface area contributed by atoms with Gasteiger partial charge in [-0.1, -0.05) is 18.2 Å². The average Bonchev–Trinajstić information content (AvgIpc) is 2.87. The maximum atomic E-state index is 11.8. The first-order valence-corrected chi connectivity index (χ1v) is 6.10. The van der Waals surface area contributed by atoms with Crippen LogP contribution in [0.5, 0.6) is 0 Å². The Morgan fingerprint density at radius 2 is 1.95 bits per heavy atom. The van der Waals surface area contributed by atoms with Gasteiger partial charge in [0.1, 0.15) is 0 Å². The molecule has 0 aliphatic carbocycles. The number of methoxy groups -OCH3 is 2. The van der Waals surface area contributed by atoms with E-state index in [0.717, 1.165) is 5.39 Å². The van der Waals surface area contributed by atoms with Gasteiger partial charge in [-0.25, -0.2) is 4.79 Å². The van der Waals surface area contributed by atoms with Crippen LogP contribution in [0.4, 0.5) is 4.79 Å². The molecule has 2 rings (SSSR count). The maximum absolute atomic E-state index is 11.8. The molecule has 1 heterocycles. The van der Waals surface area contributed by atoms with E-state index in [-0.39, 0.29) is 6.54 Å². The predicted octanol–water partition coefficient (Wildman–Crippen LogP) is 1.47. The fourth-order valence-corrected chi connectivity index (χ4v) is 2.23. The third-order valence-electron chi connectivity index (χ3n) is 3.21. The van der Waals surface area contributed by atoms with Crippen LogP contribution in [0, 0.1) is 0 Å². The molecule has 2 aromatic rings. The van der Waals surface area contributed by atoms with Crippen molar-refractivity contribution in [3.63, 3.8) is 0 Å². The van der Waals surface area contributed by atoms with E-state index in [1.165, 1.54) is 18.8 Å². The summed E-state index contributed by atoms with van der Waals surface area (Å²) in [6.07, 6.45) is 1.05. The lowest BCUT2D eigenvalue weighted by atomic mass is 9.99. The molecule has 0 spiro atoms.